The van der Waals surface area contributed by atoms with Gasteiger partial charge in [0, 0.05) is 7.11 Å². The minimum atomic E-state index is 0.402. The number of fused-ring (bicyclic) bond motifs is 1. The maximum absolute atomic E-state index is 4.97. The molecule has 19 heavy (non-hydrogen) atoms. The summed E-state index contributed by atoms with van der Waals surface area (Å²) in [6.07, 6.45) is 1.55. The highest BCUT2D eigenvalue weighted by atomic mass is 32.1. The third kappa shape index (κ3) is 2.54. The molecule has 0 radical (unpaired) electrons. The van der Waals surface area contributed by atoms with E-state index in [4.69, 9.17) is 4.74 Å². The molecule has 0 aliphatic rings. The van der Waals surface area contributed by atoms with E-state index in [1.807, 2.05) is 11.4 Å². The molecule has 3 heterocycles. The number of methoxy groups -OCH3 is 1. The van der Waals surface area contributed by atoms with Gasteiger partial charge in [0.2, 0.25) is 0 Å². The smallest absolute Gasteiger partial charge is 0.176 e. The third-order valence-electron chi connectivity index (χ3n) is 2.54. The highest BCUT2D eigenvalue weighted by Gasteiger charge is 2.06. The number of nitrogens with one attached hydrogen (secondary N) is 2. The van der Waals surface area contributed by atoms with Gasteiger partial charge in [-0.3, -0.25) is 5.10 Å². The number of aromatic amines is 1. The summed E-state index contributed by atoms with van der Waals surface area (Å²) in [5, 5.41) is 13.1. The first-order valence-electron chi connectivity index (χ1n) is 5.68. The number of anilines is 1. The van der Waals surface area contributed by atoms with E-state index in [-0.39, 0.29) is 0 Å². The Morgan fingerprint density at radius 2 is 2.37 bits per heavy atom. The van der Waals surface area contributed by atoms with Gasteiger partial charge in [0.25, 0.3) is 0 Å². The van der Waals surface area contributed by atoms with Crippen LogP contribution in [-0.4, -0.2) is 32.3 Å². The number of ether oxygens (including phenoxy) is 1. The molecule has 3 aromatic heterocycles. The fourth-order valence-corrected chi connectivity index (χ4v) is 2.44. The summed E-state index contributed by atoms with van der Waals surface area (Å²) in [6.45, 7) is 0.928. The number of thiophene rings is 1. The second-order valence-corrected chi connectivity index (χ2v) is 4.74. The topological polar surface area (TPSA) is 88.6 Å². The summed E-state index contributed by atoms with van der Waals surface area (Å²) in [4.78, 5) is 13.7. The predicted molar refractivity (Wildman–Crippen MR) is 71.8 cm³/mol. The summed E-state index contributed by atoms with van der Waals surface area (Å²) in [7, 11) is 1.61. The quantitative estimate of drug-likeness (QED) is 0.735. The Morgan fingerprint density at radius 1 is 1.42 bits per heavy atom. The van der Waals surface area contributed by atoms with Crippen molar-refractivity contribution in [3.63, 3.8) is 0 Å². The van der Waals surface area contributed by atoms with Gasteiger partial charge in [-0.25, -0.2) is 15.0 Å². The molecule has 0 bridgehead atoms. The molecule has 7 nitrogen and oxygen atoms in total. The summed E-state index contributed by atoms with van der Waals surface area (Å²) < 4.78 is 4.97. The van der Waals surface area contributed by atoms with E-state index in [1.165, 1.54) is 0 Å². The van der Waals surface area contributed by atoms with E-state index >= 15 is 0 Å². The average Bonchev–Trinajstić information content (AvgIpc) is 3.05. The van der Waals surface area contributed by atoms with E-state index in [9.17, 15) is 0 Å². The molecular formula is C11H12N6OS. The van der Waals surface area contributed by atoms with Gasteiger partial charge in [-0.1, -0.05) is 0 Å². The minimum Gasteiger partial charge on any atom is -0.377 e. The first-order valence-corrected chi connectivity index (χ1v) is 6.56. The van der Waals surface area contributed by atoms with Gasteiger partial charge in [-0.15, -0.1) is 11.3 Å². The summed E-state index contributed by atoms with van der Waals surface area (Å²) in [6, 6.07) is 2.00. The van der Waals surface area contributed by atoms with Gasteiger partial charge in [0.1, 0.15) is 29.4 Å². The first kappa shape index (κ1) is 12.0. The van der Waals surface area contributed by atoms with Crippen molar-refractivity contribution in [3.05, 3.63) is 29.4 Å². The molecule has 2 N–H and O–H groups in total. The van der Waals surface area contributed by atoms with Crippen molar-refractivity contribution in [2.45, 2.75) is 13.2 Å². The van der Waals surface area contributed by atoms with Gasteiger partial charge in [-0.05, 0) is 11.4 Å². The van der Waals surface area contributed by atoms with Crippen LogP contribution in [0.5, 0.6) is 0 Å². The van der Waals surface area contributed by atoms with Crippen molar-refractivity contribution >= 4 is 27.4 Å². The fourth-order valence-electron chi connectivity index (χ4n) is 1.71. The van der Waals surface area contributed by atoms with E-state index in [2.05, 4.69) is 30.5 Å². The molecule has 0 aliphatic carbocycles. The maximum atomic E-state index is 4.97. The zero-order chi connectivity index (χ0) is 13.1. The van der Waals surface area contributed by atoms with Crippen LogP contribution in [0.2, 0.25) is 0 Å². The van der Waals surface area contributed by atoms with Gasteiger partial charge in [-0.2, -0.15) is 5.10 Å². The number of rotatable bonds is 5. The maximum Gasteiger partial charge on any atom is 0.176 e. The van der Waals surface area contributed by atoms with Crippen LogP contribution in [0.4, 0.5) is 5.82 Å². The molecule has 0 saturated heterocycles. The number of hydrogen-bond acceptors (Lipinski definition) is 7. The Hall–Kier alpha value is -2.06. The molecule has 0 fully saturated rings. The van der Waals surface area contributed by atoms with Crippen molar-refractivity contribution in [2.24, 2.45) is 0 Å². The molecule has 98 valence electrons. The molecular weight excluding hydrogens is 264 g/mol. The van der Waals surface area contributed by atoms with Crippen LogP contribution in [0.3, 0.4) is 0 Å². The Bertz CT molecular complexity index is 678. The summed E-state index contributed by atoms with van der Waals surface area (Å²) >= 11 is 1.59. The Balaban J connectivity index is 1.73. The molecule has 0 aromatic carbocycles. The van der Waals surface area contributed by atoms with Crippen molar-refractivity contribution in [3.8, 4) is 0 Å². The van der Waals surface area contributed by atoms with Gasteiger partial charge >= 0.3 is 0 Å². The second-order valence-electron chi connectivity index (χ2n) is 3.85. The zero-order valence-electron chi connectivity index (χ0n) is 10.3. The molecule has 0 atom stereocenters. The van der Waals surface area contributed by atoms with Crippen LogP contribution in [0.1, 0.15) is 11.6 Å². The average molecular weight is 276 g/mol. The number of nitrogens with zero attached hydrogens (tertiary/aromatic N) is 4. The predicted octanol–water partition coefficient (Wildman–Crippen LogP) is 1.57. The molecule has 0 saturated carbocycles. The van der Waals surface area contributed by atoms with Crippen LogP contribution < -0.4 is 5.32 Å². The van der Waals surface area contributed by atoms with Gasteiger partial charge in [0.05, 0.1) is 11.9 Å². The van der Waals surface area contributed by atoms with E-state index < -0.39 is 0 Å². The van der Waals surface area contributed by atoms with Crippen molar-refractivity contribution in [1.82, 2.24) is 25.1 Å². The van der Waals surface area contributed by atoms with Crippen LogP contribution in [0, 0.1) is 0 Å². The number of aromatic nitrogens is 5. The van der Waals surface area contributed by atoms with Crippen LogP contribution >= 0.6 is 11.3 Å². The Morgan fingerprint density at radius 3 is 3.26 bits per heavy atom. The number of hydrogen-bond donors (Lipinski definition) is 2. The normalized spacial score (nSPS) is 11.0. The lowest BCUT2D eigenvalue weighted by molar-refractivity contribution is 0.178. The van der Waals surface area contributed by atoms with E-state index in [0.29, 0.717) is 19.0 Å². The largest absolute Gasteiger partial charge is 0.377 e. The SMILES string of the molecule is COCc1n[nH]c(CNc2ncnc3sccc23)n1. The second kappa shape index (κ2) is 5.29. The lowest BCUT2D eigenvalue weighted by Gasteiger charge is -2.03. The lowest BCUT2D eigenvalue weighted by atomic mass is 10.4. The van der Waals surface area contributed by atoms with Crippen LogP contribution in [0.25, 0.3) is 10.2 Å². The molecule has 0 amide bonds. The number of H-pyrrole nitrogens is 1. The third-order valence-corrected chi connectivity index (χ3v) is 3.36. The summed E-state index contributed by atoms with van der Waals surface area (Å²) in [5.74, 6) is 2.19. The minimum absolute atomic E-state index is 0.402. The van der Waals surface area contributed by atoms with Crippen molar-refractivity contribution in [2.75, 3.05) is 12.4 Å². The highest BCUT2D eigenvalue weighted by Crippen LogP contribution is 2.23. The molecule has 0 aliphatic heterocycles. The molecule has 0 unspecified atom stereocenters. The van der Waals surface area contributed by atoms with Crippen molar-refractivity contribution in [1.29, 1.82) is 0 Å². The standard InChI is InChI=1S/C11H12N6OS/c1-18-5-9-15-8(16-17-9)4-12-10-7-2-3-19-11(7)14-6-13-10/h2-3,6H,4-5H2,1H3,(H,12,13,14)(H,15,16,17). The molecule has 8 heteroatoms. The van der Waals surface area contributed by atoms with Crippen LogP contribution in [-0.2, 0) is 17.9 Å². The summed E-state index contributed by atoms with van der Waals surface area (Å²) in [5.41, 5.74) is 0. The van der Waals surface area contributed by atoms with E-state index in [1.54, 1.807) is 24.8 Å². The molecule has 3 rings (SSSR count). The van der Waals surface area contributed by atoms with Gasteiger partial charge in [0.15, 0.2) is 5.82 Å². The zero-order valence-corrected chi connectivity index (χ0v) is 11.1. The van der Waals surface area contributed by atoms with E-state index in [0.717, 1.165) is 21.9 Å². The monoisotopic (exact) mass is 276 g/mol. The Kier molecular flexibility index (Phi) is 3.34. The molecule has 3 aromatic rings. The Labute approximate surface area is 113 Å². The van der Waals surface area contributed by atoms with Gasteiger partial charge < -0.3 is 10.1 Å². The fraction of sp³-hybridized carbons (Fsp3) is 0.273. The highest BCUT2D eigenvalue weighted by molar-refractivity contribution is 7.16. The molecule has 0 spiro atoms. The van der Waals surface area contributed by atoms with Crippen LogP contribution in [0.15, 0.2) is 17.8 Å². The lowest BCUT2D eigenvalue weighted by Crippen LogP contribution is -2.03. The van der Waals surface area contributed by atoms with Crippen molar-refractivity contribution < 1.29 is 4.74 Å². The first-order chi connectivity index (χ1) is 9.36.